The molecule has 0 spiro atoms. The molecular weight excluding hydrogens is 379 g/mol. The Balaban J connectivity index is 2.08. The van der Waals surface area contributed by atoms with Gasteiger partial charge in [0.15, 0.2) is 5.49 Å². The molecule has 0 saturated carbocycles. The van der Waals surface area contributed by atoms with E-state index in [-0.39, 0.29) is 5.97 Å². The molecule has 27 heavy (non-hydrogen) atoms. The summed E-state index contributed by atoms with van der Waals surface area (Å²) in [5, 5.41) is 2.35. The molecule has 0 aliphatic carbocycles. The monoisotopic (exact) mass is 407 g/mol. The van der Waals surface area contributed by atoms with Crippen LogP contribution in [-0.4, -0.2) is 30.5 Å². The maximum atomic E-state index is 13.0. The van der Waals surface area contributed by atoms with Crippen molar-refractivity contribution in [3.8, 4) is 0 Å². The number of benzene rings is 2. The van der Waals surface area contributed by atoms with Gasteiger partial charge in [-0.3, -0.25) is 4.79 Å². The molecule has 0 amide bonds. The minimum Gasteiger partial charge on any atom is -0.466 e. The fourth-order valence-corrected chi connectivity index (χ4v) is 6.03. The highest BCUT2D eigenvalue weighted by Crippen LogP contribution is 2.41. The van der Waals surface area contributed by atoms with Crippen molar-refractivity contribution in [1.82, 2.24) is 0 Å². The Hall–Kier alpha value is -1.42. The van der Waals surface area contributed by atoms with Crippen molar-refractivity contribution in [3.05, 3.63) is 42.5 Å². The number of ether oxygens (including phenoxy) is 2. The molecule has 0 aliphatic rings. The second kappa shape index (κ2) is 11.4. The lowest BCUT2D eigenvalue weighted by Crippen LogP contribution is -2.30. The normalized spacial score (nSPS) is 14.0. The van der Waals surface area contributed by atoms with E-state index in [1.807, 2.05) is 32.0 Å². The summed E-state index contributed by atoms with van der Waals surface area (Å²) in [6.45, 7) is 6.39. The number of esters is 1. The Labute approximate surface area is 166 Å². The van der Waals surface area contributed by atoms with Crippen molar-refractivity contribution in [2.24, 2.45) is 5.92 Å². The molecule has 0 radical (unpaired) electrons. The van der Waals surface area contributed by atoms with Crippen LogP contribution < -0.4 is 0 Å². The first-order chi connectivity index (χ1) is 13.1. The van der Waals surface area contributed by atoms with E-state index in [0.717, 1.165) is 16.7 Å². The molecule has 6 heteroatoms. The molecule has 146 valence electrons. The fraction of sp³-hybridized carbons (Fsp3) is 0.476. The molecule has 2 aromatic carbocycles. The van der Waals surface area contributed by atoms with E-state index in [9.17, 15) is 9.36 Å². The van der Waals surface area contributed by atoms with E-state index < -0.39 is 19.6 Å². The number of carbonyl (C=O) groups is 1. The molecule has 0 aromatic heterocycles. The molecule has 3 atom stereocenters. The Morgan fingerprint density at radius 3 is 2.48 bits per heavy atom. The first-order valence-electron chi connectivity index (χ1n) is 9.44. The van der Waals surface area contributed by atoms with Crippen LogP contribution >= 0.6 is 19.6 Å². The predicted molar refractivity (Wildman–Crippen MR) is 113 cm³/mol. The van der Waals surface area contributed by atoms with Gasteiger partial charge in [0, 0.05) is 11.5 Å². The van der Waals surface area contributed by atoms with Crippen LogP contribution in [0.5, 0.6) is 0 Å². The van der Waals surface area contributed by atoms with Crippen LogP contribution in [-0.2, 0) is 18.8 Å². The topological polar surface area (TPSA) is 52.6 Å². The third kappa shape index (κ3) is 6.31. The van der Waals surface area contributed by atoms with Crippen LogP contribution in [0.2, 0.25) is 0 Å². The van der Waals surface area contributed by atoms with Crippen molar-refractivity contribution >= 4 is 36.3 Å². The van der Waals surface area contributed by atoms with Gasteiger partial charge >= 0.3 is 13.8 Å². The molecule has 3 unspecified atom stereocenters. The summed E-state index contributed by atoms with van der Waals surface area (Å²) in [5.74, 6) is -1.38. The lowest BCUT2D eigenvalue weighted by atomic mass is 10.1. The molecule has 0 N–H and O–H groups in total. The second-order valence-corrected chi connectivity index (χ2v) is 9.33. The number of carbonyl (C=O) groups excluding carboxylic acids is 1. The van der Waals surface area contributed by atoms with Crippen molar-refractivity contribution in [3.63, 3.8) is 0 Å². The molecular formula is C21H28O4PS+. The first kappa shape index (κ1) is 21.9. The maximum absolute atomic E-state index is 13.0. The third-order valence-electron chi connectivity index (χ3n) is 4.23. The van der Waals surface area contributed by atoms with Crippen LogP contribution in [0.3, 0.4) is 0 Å². The maximum Gasteiger partial charge on any atom is 0.382 e. The predicted octanol–water partition coefficient (Wildman–Crippen LogP) is 6.06. The Bertz CT molecular complexity index is 765. The van der Waals surface area contributed by atoms with Gasteiger partial charge in [0.2, 0.25) is 0 Å². The molecule has 4 nitrogen and oxygen atoms in total. The lowest BCUT2D eigenvalue weighted by Gasteiger charge is -2.18. The van der Waals surface area contributed by atoms with E-state index in [1.54, 1.807) is 18.7 Å². The lowest BCUT2D eigenvalue weighted by molar-refractivity contribution is -0.151. The van der Waals surface area contributed by atoms with Gasteiger partial charge in [-0.1, -0.05) is 60.0 Å². The average molecular weight is 407 g/mol. The van der Waals surface area contributed by atoms with Gasteiger partial charge in [-0.15, -0.1) is 0 Å². The summed E-state index contributed by atoms with van der Waals surface area (Å²) < 4.78 is 23.9. The van der Waals surface area contributed by atoms with Crippen LogP contribution in [0.4, 0.5) is 0 Å². The summed E-state index contributed by atoms with van der Waals surface area (Å²) in [4.78, 5) is 13.4. The quantitative estimate of drug-likeness (QED) is 0.257. The molecule has 2 rings (SSSR count). The molecule has 0 bridgehead atoms. The van der Waals surface area contributed by atoms with Gasteiger partial charge in [0.05, 0.1) is 6.61 Å². The van der Waals surface area contributed by atoms with Gasteiger partial charge < -0.3 is 9.47 Å². The second-order valence-electron chi connectivity index (χ2n) is 6.19. The average Bonchev–Trinajstić information content (AvgIpc) is 2.68. The van der Waals surface area contributed by atoms with E-state index in [2.05, 4.69) is 24.3 Å². The number of rotatable bonds is 11. The van der Waals surface area contributed by atoms with E-state index in [4.69, 9.17) is 9.47 Å². The van der Waals surface area contributed by atoms with Gasteiger partial charge in [-0.2, -0.15) is 0 Å². The summed E-state index contributed by atoms with van der Waals surface area (Å²) >= 11 is 1.54. The molecule has 0 fully saturated rings. The standard InChI is InChI=1S/C21H28O4PS/c1-4-9-19(20(22)24-5-2)21(25-6-3)26(23)15-27-18-13-12-16-10-7-8-11-17(16)14-18/h7-8,10-14,19,21H,4-6,9,15H2,1-3H3/q+1. The molecule has 2 aromatic rings. The van der Waals surface area contributed by atoms with Gasteiger partial charge in [-0.05, 0) is 43.2 Å². The minimum atomic E-state index is -1.72. The molecule has 0 heterocycles. The summed E-state index contributed by atoms with van der Waals surface area (Å²) in [6, 6.07) is 14.4. The van der Waals surface area contributed by atoms with Crippen molar-refractivity contribution in [1.29, 1.82) is 0 Å². The largest absolute Gasteiger partial charge is 0.466 e. The van der Waals surface area contributed by atoms with Crippen molar-refractivity contribution in [2.75, 3.05) is 18.7 Å². The summed E-state index contributed by atoms with van der Waals surface area (Å²) in [5.41, 5.74) is 0.415. The van der Waals surface area contributed by atoms with Gasteiger partial charge in [-0.25, -0.2) is 0 Å². The zero-order valence-electron chi connectivity index (χ0n) is 16.2. The first-order valence-corrected chi connectivity index (χ1v) is 11.9. The Morgan fingerprint density at radius 2 is 1.81 bits per heavy atom. The third-order valence-corrected chi connectivity index (χ3v) is 7.43. The highest BCUT2D eigenvalue weighted by atomic mass is 32.2. The summed E-state index contributed by atoms with van der Waals surface area (Å²) in [6.07, 6.45) is 1.43. The number of hydrogen-bond acceptors (Lipinski definition) is 5. The van der Waals surface area contributed by atoms with E-state index >= 15 is 0 Å². The van der Waals surface area contributed by atoms with Crippen LogP contribution in [0.25, 0.3) is 10.8 Å². The Kier molecular flexibility index (Phi) is 9.26. The van der Waals surface area contributed by atoms with Crippen LogP contribution in [0.1, 0.15) is 33.6 Å². The van der Waals surface area contributed by atoms with E-state index in [0.29, 0.717) is 25.1 Å². The number of thioether (sulfide) groups is 1. The summed E-state index contributed by atoms with van der Waals surface area (Å²) in [7, 11) is -1.72. The fourth-order valence-electron chi connectivity index (χ4n) is 2.98. The number of fused-ring (bicyclic) bond motifs is 1. The Morgan fingerprint density at radius 1 is 1.07 bits per heavy atom. The van der Waals surface area contributed by atoms with Crippen molar-refractivity contribution < 1.29 is 18.8 Å². The van der Waals surface area contributed by atoms with Gasteiger partial charge in [0.25, 0.3) is 5.85 Å². The molecule has 0 saturated heterocycles. The minimum absolute atomic E-state index is 0.308. The zero-order chi connectivity index (χ0) is 19.6. The highest BCUT2D eigenvalue weighted by Gasteiger charge is 2.43. The van der Waals surface area contributed by atoms with Crippen LogP contribution in [0, 0.1) is 5.92 Å². The molecule has 0 aliphatic heterocycles. The van der Waals surface area contributed by atoms with E-state index in [1.165, 1.54) is 5.39 Å². The van der Waals surface area contributed by atoms with Gasteiger partial charge in [0.1, 0.15) is 5.92 Å². The smallest absolute Gasteiger partial charge is 0.382 e. The van der Waals surface area contributed by atoms with Crippen LogP contribution in [0.15, 0.2) is 47.4 Å². The SMILES string of the molecule is CCCC(C(=O)OCC)C(OCC)[P+](=O)CSc1ccc2ccccc2c1. The zero-order valence-corrected chi connectivity index (χ0v) is 17.9. The van der Waals surface area contributed by atoms with Crippen molar-refractivity contribution in [2.45, 2.75) is 44.4 Å². The number of hydrogen-bond donors (Lipinski definition) is 0. The highest BCUT2D eigenvalue weighted by molar-refractivity contribution is 8.03.